The molecule has 2 heteroatoms. The summed E-state index contributed by atoms with van der Waals surface area (Å²) in [5.74, 6) is 3.72. The molecule has 0 spiro atoms. The third kappa shape index (κ3) is 4.71. The monoisotopic (exact) mass is 306 g/mol. The topological polar surface area (TPSA) is 15.3 Å². The standard InChI is InChI=1S/C20H38N2/c1-16(2)19-11-20(21-12-17-7-4-3-5-8-17)15-22(14-19)13-18-9-6-10-18/h16-21H,3-15H2,1-2H3. The van der Waals surface area contributed by atoms with E-state index in [4.69, 9.17) is 0 Å². The van der Waals surface area contributed by atoms with E-state index in [2.05, 4.69) is 24.1 Å². The molecule has 0 radical (unpaired) electrons. The fourth-order valence-corrected chi connectivity index (χ4v) is 4.78. The van der Waals surface area contributed by atoms with Crippen LogP contribution in [-0.4, -0.2) is 37.1 Å². The third-order valence-corrected chi connectivity index (χ3v) is 6.66. The molecule has 2 atom stereocenters. The Kier molecular flexibility index (Phi) is 6.21. The molecule has 0 aromatic carbocycles. The highest BCUT2D eigenvalue weighted by Crippen LogP contribution is 2.31. The van der Waals surface area contributed by atoms with Crippen molar-refractivity contribution in [3.8, 4) is 0 Å². The van der Waals surface area contributed by atoms with E-state index >= 15 is 0 Å². The van der Waals surface area contributed by atoms with Gasteiger partial charge in [-0.15, -0.1) is 0 Å². The average molecular weight is 307 g/mol. The van der Waals surface area contributed by atoms with Crippen LogP contribution >= 0.6 is 0 Å². The second kappa shape index (κ2) is 8.15. The maximum absolute atomic E-state index is 3.97. The van der Waals surface area contributed by atoms with Gasteiger partial charge in [-0.2, -0.15) is 0 Å². The number of rotatable bonds is 6. The molecule has 128 valence electrons. The van der Waals surface area contributed by atoms with Crippen LogP contribution in [-0.2, 0) is 0 Å². The van der Waals surface area contributed by atoms with Crippen LogP contribution in [0, 0.1) is 23.7 Å². The highest BCUT2D eigenvalue weighted by Gasteiger charge is 2.31. The van der Waals surface area contributed by atoms with Gasteiger partial charge in [0.25, 0.3) is 0 Å². The molecular formula is C20H38N2. The molecular weight excluding hydrogens is 268 g/mol. The molecule has 22 heavy (non-hydrogen) atoms. The van der Waals surface area contributed by atoms with E-state index in [1.807, 2.05) is 0 Å². The minimum atomic E-state index is 0.753. The van der Waals surface area contributed by atoms with E-state index in [1.54, 1.807) is 0 Å². The third-order valence-electron chi connectivity index (χ3n) is 6.66. The summed E-state index contributed by atoms with van der Waals surface area (Å²) in [6.45, 7) is 10.2. The molecule has 1 heterocycles. The van der Waals surface area contributed by atoms with Gasteiger partial charge < -0.3 is 10.2 Å². The number of nitrogens with zero attached hydrogens (tertiary/aromatic N) is 1. The maximum atomic E-state index is 3.97. The zero-order valence-corrected chi connectivity index (χ0v) is 15.0. The van der Waals surface area contributed by atoms with Crippen molar-refractivity contribution < 1.29 is 0 Å². The van der Waals surface area contributed by atoms with Crippen LogP contribution in [0.5, 0.6) is 0 Å². The fourth-order valence-electron chi connectivity index (χ4n) is 4.78. The molecule has 3 fully saturated rings. The molecule has 2 unspecified atom stereocenters. The van der Waals surface area contributed by atoms with Crippen LogP contribution in [0.3, 0.4) is 0 Å². The lowest BCUT2D eigenvalue weighted by Crippen LogP contribution is -2.52. The van der Waals surface area contributed by atoms with Crippen molar-refractivity contribution in [2.45, 2.75) is 77.7 Å². The number of nitrogens with one attached hydrogen (secondary N) is 1. The largest absolute Gasteiger partial charge is 0.312 e. The summed E-state index contributed by atoms with van der Waals surface area (Å²) in [5, 5.41) is 3.97. The van der Waals surface area contributed by atoms with Gasteiger partial charge in [0.1, 0.15) is 0 Å². The minimum Gasteiger partial charge on any atom is -0.312 e. The van der Waals surface area contributed by atoms with Gasteiger partial charge >= 0.3 is 0 Å². The smallest absolute Gasteiger partial charge is 0.0198 e. The predicted molar refractivity (Wildman–Crippen MR) is 95.1 cm³/mol. The molecule has 3 rings (SSSR count). The number of piperidine rings is 1. The molecule has 2 saturated carbocycles. The van der Waals surface area contributed by atoms with Crippen LogP contribution in [0.25, 0.3) is 0 Å². The maximum Gasteiger partial charge on any atom is 0.0198 e. The van der Waals surface area contributed by atoms with Gasteiger partial charge in [-0.1, -0.05) is 39.5 Å². The molecule has 2 aliphatic carbocycles. The summed E-state index contributed by atoms with van der Waals surface area (Å²) in [7, 11) is 0. The van der Waals surface area contributed by atoms with Gasteiger partial charge in [0, 0.05) is 25.7 Å². The van der Waals surface area contributed by atoms with Gasteiger partial charge in [0.15, 0.2) is 0 Å². The van der Waals surface area contributed by atoms with Gasteiger partial charge in [-0.25, -0.2) is 0 Å². The first-order valence-electron chi connectivity index (χ1n) is 10.2. The molecule has 0 aromatic rings. The molecule has 2 nitrogen and oxygen atoms in total. The summed E-state index contributed by atoms with van der Waals surface area (Å²) in [5.41, 5.74) is 0. The molecule has 3 aliphatic rings. The van der Waals surface area contributed by atoms with Crippen molar-refractivity contribution in [3.05, 3.63) is 0 Å². The van der Waals surface area contributed by atoms with Crippen LogP contribution in [0.15, 0.2) is 0 Å². The Bertz CT molecular complexity index is 318. The van der Waals surface area contributed by atoms with Gasteiger partial charge in [0.2, 0.25) is 0 Å². The summed E-state index contributed by atoms with van der Waals surface area (Å²) in [6, 6.07) is 0.753. The Morgan fingerprint density at radius 2 is 1.64 bits per heavy atom. The highest BCUT2D eigenvalue weighted by atomic mass is 15.2. The van der Waals surface area contributed by atoms with E-state index in [-0.39, 0.29) is 0 Å². The molecule has 1 N–H and O–H groups in total. The second-order valence-electron chi connectivity index (χ2n) is 8.86. The first kappa shape index (κ1) is 16.8. The number of hydrogen-bond acceptors (Lipinski definition) is 2. The second-order valence-corrected chi connectivity index (χ2v) is 8.86. The van der Waals surface area contributed by atoms with Crippen molar-refractivity contribution >= 4 is 0 Å². The fraction of sp³-hybridized carbons (Fsp3) is 1.00. The number of hydrogen-bond donors (Lipinski definition) is 1. The SMILES string of the molecule is CC(C)C1CC(NCC2CCCCC2)CN(CC2CCC2)C1. The van der Waals surface area contributed by atoms with Crippen molar-refractivity contribution in [2.75, 3.05) is 26.2 Å². The molecule has 0 bridgehead atoms. The van der Waals surface area contributed by atoms with Crippen molar-refractivity contribution in [1.82, 2.24) is 10.2 Å². The molecule has 0 amide bonds. The normalized spacial score (nSPS) is 32.3. The van der Waals surface area contributed by atoms with Crippen LogP contribution in [0.1, 0.15) is 71.6 Å². The van der Waals surface area contributed by atoms with Crippen LogP contribution in [0.2, 0.25) is 0 Å². The van der Waals surface area contributed by atoms with Crippen molar-refractivity contribution in [2.24, 2.45) is 23.7 Å². The van der Waals surface area contributed by atoms with E-state index in [0.717, 1.165) is 29.7 Å². The Morgan fingerprint density at radius 3 is 2.27 bits per heavy atom. The zero-order chi connectivity index (χ0) is 15.4. The Labute approximate surface area is 138 Å². The lowest BCUT2D eigenvalue weighted by molar-refractivity contribution is 0.0827. The summed E-state index contributed by atoms with van der Waals surface area (Å²) < 4.78 is 0. The van der Waals surface area contributed by atoms with E-state index in [9.17, 15) is 0 Å². The summed E-state index contributed by atoms with van der Waals surface area (Å²) in [6.07, 6.45) is 13.2. The molecule has 1 saturated heterocycles. The highest BCUT2D eigenvalue weighted by molar-refractivity contribution is 4.87. The Balaban J connectivity index is 1.47. The van der Waals surface area contributed by atoms with Crippen LogP contribution in [0.4, 0.5) is 0 Å². The number of likely N-dealkylation sites (tertiary alicyclic amines) is 1. The first-order chi connectivity index (χ1) is 10.7. The molecule has 1 aliphatic heterocycles. The minimum absolute atomic E-state index is 0.753. The Hall–Kier alpha value is -0.0800. The van der Waals surface area contributed by atoms with Gasteiger partial charge in [-0.05, 0) is 62.3 Å². The lowest BCUT2D eigenvalue weighted by atomic mass is 9.81. The molecule has 0 aromatic heterocycles. The van der Waals surface area contributed by atoms with E-state index in [0.29, 0.717) is 0 Å². The van der Waals surface area contributed by atoms with Gasteiger partial charge in [0.05, 0.1) is 0 Å². The summed E-state index contributed by atoms with van der Waals surface area (Å²) >= 11 is 0. The van der Waals surface area contributed by atoms with Gasteiger partial charge in [-0.3, -0.25) is 0 Å². The van der Waals surface area contributed by atoms with E-state index in [1.165, 1.54) is 84.0 Å². The zero-order valence-electron chi connectivity index (χ0n) is 15.0. The summed E-state index contributed by atoms with van der Waals surface area (Å²) in [4.78, 5) is 2.80. The van der Waals surface area contributed by atoms with E-state index < -0.39 is 0 Å². The lowest BCUT2D eigenvalue weighted by Gasteiger charge is -2.43. The van der Waals surface area contributed by atoms with Crippen LogP contribution < -0.4 is 5.32 Å². The quantitative estimate of drug-likeness (QED) is 0.787. The first-order valence-corrected chi connectivity index (χ1v) is 10.2. The van der Waals surface area contributed by atoms with Crippen molar-refractivity contribution in [3.63, 3.8) is 0 Å². The Morgan fingerprint density at radius 1 is 0.909 bits per heavy atom. The average Bonchev–Trinajstić information content (AvgIpc) is 2.50. The van der Waals surface area contributed by atoms with Crippen molar-refractivity contribution in [1.29, 1.82) is 0 Å². The predicted octanol–water partition coefficient (Wildman–Crippen LogP) is 4.30.